The van der Waals surface area contributed by atoms with E-state index in [1.54, 1.807) is 19.5 Å². The highest BCUT2D eigenvalue weighted by atomic mass is 35.5. The Morgan fingerprint density at radius 3 is 2.85 bits per heavy atom. The highest BCUT2D eigenvalue weighted by Crippen LogP contribution is 2.31. The molecule has 8 heteroatoms. The molecule has 0 aliphatic carbocycles. The third-order valence-electron chi connectivity index (χ3n) is 4.47. The summed E-state index contributed by atoms with van der Waals surface area (Å²) < 4.78 is 5.03. The van der Waals surface area contributed by atoms with Crippen molar-refractivity contribution >= 4 is 28.4 Å². The van der Waals surface area contributed by atoms with E-state index in [-0.39, 0.29) is 11.9 Å². The molecule has 0 spiro atoms. The van der Waals surface area contributed by atoms with Crippen LogP contribution in [0, 0.1) is 0 Å². The Morgan fingerprint density at radius 2 is 2.19 bits per heavy atom. The van der Waals surface area contributed by atoms with Crippen molar-refractivity contribution in [3.63, 3.8) is 0 Å². The number of halogens is 1. The van der Waals surface area contributed by atoms with Gasteiger partial charge in [-0.1, -0.05) is 11.6 Å². The van der Waals surface area contributed by atoms with Crippen LogP contribution < -0.4 is 15.4 Å². The first-order valence-corrected chi connectivity index (χ1v) is 8.70. The van der Waals surface area contributed by atoms with Crippen LogP contribution in [0.2, 0.25) is 5.02 Å². The second kappa shape index (κ2) is 6.93. The molecule has 0 saturated carbocycles. The van der Waals surface area contributed by atoms with Crippen LogP contribution in [0.15, 0.2) is 30.6 Å². The van der Waals surface area contributed by atoms with Gasteiger partial charge in [0.2, 0.25) is 11.8 Å². The van der Waals surface area contributed by atoms with Crippen LogP contribution >= 0.6 is 11.6 Å². The number of fused-ring (bicyclic) bond motifs is 1. The molecule has 134 valence electrons. The van der Waals surface area contributed by atoms with Crippen LogP contribution in [-0.2, 0) is 11.3 Å². The van der Waals surface area contributed by atoms with Crippen LogP contribution in [0.1, 0.15) is 12.1 Å². The molecule has 0 bridgehead atoms. The topological polar surface area (TPSA) is 91.9 Å². The number of aromatic amines is 1. The smallest absolute Gasteiger partial charge is 0.237 e. The molecule has 4 rings (SSSR count). The van der Waals surface area contributed by atoms with Gasteiger partial charge in [-0.05, 0) is 31.2 Å². The van der Waals surface area contributed by atoms with E-state index in [2.05, 4.69) is 25.6 Å². The first-order valence-electron chi connectivity index (χ1n) is 8.32. The van der Waals surface area contributed by atoms with Crippen molar-refractivity contribution in [2.24, 2.45) is 0 Å². The van der Waals surface area contributed by atoms with Crippen molar-refractivity contribution in [1.82, 2.24) is 25.6 Å². The van der Waals surface area contributed by atoms with Gasteiger partial charge in [-0.3, -0.25) is 4.79 Å². The quantitative estimate of drug-likeness (QED) is 0.640. The number of methoxy groups -OCH3 is 1. The van der Waals surface area contributed by atoms with Crippen LogP contribution in [-0.4, -0.2) is 40.6 Å². The summed E-state index contributed by atoms with van der Waals surface area (Å²) >= 11 is 6.43. The van der Waals surface area contributed by atoms with Gasteiger partial charge in [-0.15, -0.1) is 0 Å². The van der Waals surface area contributed by atoms with Crippen molar-refractivity contribution in [3.8, 4) is 17.1 Å². The summed E-state index contributed by atoms with van der Waals surface area (Å²) in [6, 6.07) is 5.74. The predicted molar refractivity (Wildman–Crippen MR) is 99.1 cm³/mol. The number of aromatic nitrogens is 3. The molecule has 0 unspecified atom stereocenters. The molecule has 3 N–H and O–H groups in total. The average Bonchev–Trinajstić information content (AvgIpc) is 2.99. The monoisotopic (exact) mass is 371 g/mol. The fourth-order valence-corrected chi connectivity index (χ4v) is 3.15. The zero-order valence-electron chi connectivity index (χ0n) is 14.2. The summed E-state index contributed by atoms with van der Waals surface area (Å²) in [5, 5.41) is 7.59. The Bertz CT molecular complexity index is 950. The molecule has 3 aromatic rings. The molecule has 1 amide bonds. The summed E-state index contributed by atoms with van der Waals surface area (Å²) in [4.78, 5) is 23.8. The van der Waals surface area contributed by atoms with E-state index in [0.29, 0.717) is 23.1 Å². The summed E-state index contributed by atoms with van der Waals surface area (Å²) in [6.45, 7) is 1.35. The van der Waals surface area contributed by atoms with Crippen molar-refractivity contribution < 1.29 is 9.53 Å². The molecule has 7 nitrogen and oxygen atoms in total. The summed E-state index contributed by atoms with van der Waals surface area (Å²) in [6.07, 6.45) is 4.07. The number of nitrogens with one attached hydrogen (secondary N) is 3. The van der Waals surface area contributed by atoms with E-state index in [0.717, 1.165) is 35.1 Å². The number of hydrogen-bond acceptors (Lipinski definition) is 5. The van der Waals surface area contributed by atoms with Gasteiger partial charge in [-0.2, -0.15) is 0 Å². The molecule has 26 heavy (non-hydrogen) atoms. The Labute approximate surface area is 155 Å². The minimum atomic E-state index is -0.0610. The number of ether oxygens (including phenoxy) is 1. The summed E-state index contributed by atoms with van der Waals surface area (Å²) in [5.41, 5.74) is 3.29. The second-order valence-corrected chi connectivity index (χ2v) is 6.58. The van der Waals surface area contributed by atoms with Gasteiger partial charge in [0.15, 0.2) is 0 Å². The van der Waals surface area contributed by atoms with E-state index < -0.39 is 0 Å². The van der Waals surface area contributed by atoms with Crippen molar-refractivity contribution in [1.29, 1.82) is 0 Å². The molecule has 0 radical (unpaired) electrons. The zero-order chi connectivity index (χ0) is 18.1. The molecule has 1 aromatic carbocycles. The maximum atomic E-state index is 11.9. The van der Waals surface area contributed by atoms with Crippen LogP contribution in [0.3, 0.4) is 0 Å². The van der Waals surface area contributed by atoms with Gasteiger partial charge in [-0.25, -0.2) is 9.97 Å². The Hall–Kier alpha value is -2.64. The third-order valence-corrected chi connectivity index (χ3v) is 4.78. The largest absolute Gasteiger partial charge is 0.480 e. The minimum Gasteiger partial charge on any atom is -0.480 e. The van der Waals surface area contributed by atoms with Crippen LogP contribution in [0.5, 0.6) is 5.88 Å². The standard InChI is InChI=1S/C18H18ClN5O2/c1-26-17-9-21-16(8-22-17)12-6-15-10(5-13(12)19)4-11(24-15)7-23-18(25)14-2-3-20-14/h4-6,8-9,14,20,24H,2-3,7H2,1H3,(H,23,25)/t14-/m1/s1. The fraction of sp³-hybridized carbons (Fsp3) is 0.278. The molecule has 1 aliphatic rings. The molecule has 3 heterocycles. The fourth-order valence-electron chi connectivity index (χ4n) is 2.88. The average molecular weight is 372 g/mol. The lowest BCUT2D eigenvalue weighted by atomic mass is 10.1. The van der Waals surface area contributed by atoms with E-state index in [9.17, 15) is 4.79 Å². The summed E-state index contributed by atoms with van der Waals surface area (Å²) in [7, 11) is 1.54. The molecule has 2 aromatic heterocycles. The number of amides is 1. The van der Waals surface area contributed by atoms with Crippen LogP contribution in [0.4, 0.5) is 0 Å². The van der Waals surface area contributed by atoms with Crippen LogP contribution in [0.25, 0.3) is 22.2 Å². The van der Waals surface area contributed by atoms with E-state index in [1.165, 1.54) is 0 Å². The number of hydrogen-bond donors (Lipinski definition) is 3. The lowest BCUT2D eigenvalue weighted by molar-refractivity contribution is -0.124. The normalized spacial score (nSPS) is 16.3. The van der Waals surface area contributed by atoms with Crippen molar-refractivity contribution in [2.45, 2.75) is 19.0 Å². The van der Waals surface area contributed by atoms with E-state index >= 15 is 0 Å². The maximum Gasteiger partial charge on any atom is 0.237 e. The molecule has 1 saturated heterocycles. The van der Waals surface area contributed by atoms with Crippen molar-refractivity contribution in [3.05, 3.63) is 41.3 Å². The summed E-state index contributed by atoms with van der Waals surface area (Å²) in [5.74, 6) is 0.479. The lowest BCUT2D eigenvalue weighted by Gasteiger charge is -2.26. The highest BCUT2D eigenvalue weighted by Gasteiger charge is 2.24. The van der Waals surface area contributed by atoms with E-state index in [1.807, 2.05) is 18.2 Å². The first kappa shape index (κ1) is 16.8. The predicted octanol–water partition coefficient (Wildman–Crippen LogP) is 2.26. The molecule has 1 fully saturated rings. The molecular weight excluding hydrogens is 354 g/mol. The number of H-pyrrole nitrogens is 1. The number of nitrogens with zero attached hydrogens (tertiary/aromatic N) is 2. The van der Waals surface area contributed by atoms with E-state index in [4.69, 9.17) is 16.3 Å². The Balaban J connectivity index is 1.56. The SMILES string of the molecule is COc1cnc(-c2cc3[nH]c(CNC(=O)[C@H]4CCN4)cc3cc2Cl)cn1. The number of carbonyl (C=O) groups excluding carboxylic acids is 1. The second-order valence-electron chi connectivity index (χ2n) is 6.17. The molecule has 1 aliphatic heterocycles. The lowest BCUT2D eigenvalue weighted by Crippen LogP contribution is -2.52. The minimum absolute atomic E-state index is 0.0298. The number of rotatable bonds is 5. The molecular formula is C18H18ClN5O2. The Morgan fingerprint density at radius 1 is 1.35 bits per heavy atom. The van der Waals surface area contributed by atoms with Gasteiger partial charge in [0, 0.05) is 22.2 Å². The van der Waals surface area contributed by atoms with Gasteiger partial charge < -0.3 is 20.4 Å². The number of benzene rings is 1. The maximum absolute atomic E-state index is 11.9. The first-order chi connectivity index (χ1) is 12.6. The number of carbonyl (C=O) groups is 1. The third kappa shape index (κ3) is 3.23. The van der Waals surface area contributed by atoms with Gasteiger partial charge in [0.05, 0.1) is 42.8 Å². The Kier molecular flexibility index (Phi) is 4.48. The zero-order valence-corrected chi connectivity index (χ0v) is 14.9. The van der Waals surface area contributed by atoms with Gasteiger partial charge in [0.1, 0.15) is 0 Å². The highest BCUT2D eigenvalue weighted by molar-refractivity contribution is 6.34. The van der Waals surface area contributed by atoms with Crippen molar-refractivity contribution in [2.75, 3.05) is 13.7 Å². The molecule has 1 atom stereocenters. The van der Waals surface area contributed by atoms with Gasteiger partial charge in [0.25, 0.3) is 0 Å². The van der Waals surface area contributed by atoms with Gasteiger partial charge >= 0.3 is 0 Å².